The molecule has 0 fully saturated rings. The Balaban J connectivity index is 2.16. The molecular formula is C15H14N4O. The summed E-state index contributed by atoms with van der Waals surface area (Å²) in [5.41, 5.74) is 3.30. The minimum absolute atomic E-state index is 0.332. The number of nitrogens with zero attached hydrogens (tertiary/aromatic N) is 4. The Morgan fingerprint density at radius 3 is 2.50 bits per heavy atom. The maximum absolute atomic E-state index is 11.1. The molecule has 5 heteroatoms. The molecule has 2 heterocycles. The summed E-state index contributed by atoms with van der Waals surface area (Å²) in [4.78, 5) is 17.6. The molecule has 0 spiro atoms. The first-order chi connectivity index (χ1) is 9.70. The Morgan fingerprint density at radius 1 is 1.10 bits per heavy atom. The Labute approximate surface area is 116 Å². The van der Waals surface area contributed by atoms with Crippen LogP contribution in [0, 0.1) is 4.91 Å². The molecule has 0 radical (unpaired) electrons. The van der Waals surface area contributed by atoms with Gasteiger partial charge in [-0.15, -0.1) is 4.91 Å². The highest BCUT2D eigenvalue weighted by molar-refractivity contribution is 5.75. The molecule has 0 aliphatic heterocycles. The van der Waals surface area contributed by atoms with E-state index in [-0.39, 0.29) is 0 Å². The third-order valence-electron chi connectivity index (χ3n) is 3.25. The van der Waals surface area contributed by atoms with Crippen molar-refractivity contribution < 1.29 is 0 Å². The fourth-order valence-electron chi connectivity index (χ4n) is 2.18. The molecule has 0 N–H and O–H groups in total. The van der Waals surface area contributed by atoms with Gasteiger partial charge in [-0.3, -0.25) is 4.40 Å². The third kappa shape index (κ3) is 1.93. The van der Waals surface area contributed by atoms with Crippen LogP contribution >= 0.6 is 0 Å². The van der Waals surface area contributed by atoms with E-state index in [4.69, 9.17) is 0 Å². The van der Waals surface area contributed by atoms with Crippen LogP contribution in [0.4, 0.5) is 11.5 Å². The quantitative estimate of drug-likeness (QED) is 0.682. The van der Waals surface area contributed by atoms with Crippen molar-refractivity contribution in [3.05, 3.63) is 53.6 Å². The number of fused-ring (bicyclic) bond motifs is 1. The lowest BCUT2D eigenvalue weighted by Gasteiger charge is -2.12. The minimum Gasteiger partial charge on any atom is -0.378 e. The molecule has 0 aliphatic carbocycles. The summed E-state index contributed by atoms with van der Waals surface area (Å²) in [6, 6.07) is 13.5. The monoisotopic (exact) mass is 266 g/mol. The summed E-state index contributed by atoms with van der Waals surface area (Å²) >= 11 is 0. The summed E-state index contributed by atoms with van der Waals surface area (Å²) in [6.45, 7) is 0. The lowest BCUT2D eigenvalue weighted by Crippen LogP contribution is -2.07. The van der Waals surface area contributed by atoms with E-state index >= 15 is 0 Å². The van der Waals surface area contributed by atoms with E-state index in [1.54, 1.807) is 10.6 Å². The fourth-order valence-corrected chi connectivity index (χ4v) is 2.18. The van der Waals surface area contributed by atoms with Crippen molar-refractivity contribution in [1.29, 1.82) is 0 Å². The first kappa shape index (κ1) is 12.3. The van der Waals surface area contributed by atoms with Crippen molar-refractivity contribution in [2.45, 2.75) is 0 Å². The van der Waals surface area contributed by atoms with Crippen molar-refractivity contribution in [1.82, 2.24) is 9.38 Å². The highest BCUT2D eigenvalue weighted by Gasteiger charge is 2.14. The Bertz CT molecular complexity index is 759. The molecule has 100 valence electrons. The topological polar surface area (TPSA) is 50.0 Å². The van der Waals surface area contributed by atoms with Crippen molar-refractivity contribution in [2.75, 3.05) is 19.0 Å². The zero-order valence-electron chi connectivity index (χ0n) is 11.3. The predicted molar refractivity (Wildman–Crippen MR) is 80.4 cm³/mol. The lowest BCUT2D eigenvalue weighted by atomic mass is 10.1. The second-order valence-electron chi connectivity index (χ2n) is 4.75. The van der Waals surface area contributed by atoms with Gasteiger partial charge in [-0.05, 0) is 29.4 Å². The summed E-state index contributed by atoms with van der Waals surface area (Å²) in [5.74, 6) is 0.332. The number of hydrogen-bond donors (Lipinski definition) is 0. The zero-order chi connectivity index (χ0) is 14.1. The van der Waals surface area contributed by atoms with Crippen LogP contribution in [-0.4, -0.2) is 23.5 Å². The summed E-state index contributed by atoms with van der Waals surface area (Å²) in [6.07, 6.45) is 1.79. The first-order valence-electron chi connectivity index (χ1n) is 6.29. The fraction of sp³-hybridized carbons (Fsp3) is 0.133. The van der Waals surface area contributed by atoms with Crippen LogP contribution in [-0.2, 0) is 0 Å². The highest BCUT2D eigenvalue weighted by atomic mass is 16.3. The summed E-state index contributed by atoms with van der Waals surface area (Å²) in [5, 5.41) is 3.13. The molecule has 0 amide bonds. The molecule has 1 aromatic carbocycles. The number of benzene rings is 1. The van der Waals surface area contributed by atoms with Crippen LogP contribution in [0.3, 0.4) is 0 Å². The van der Waals surface area contributed by atoms with E-state index in [1.807, 2.05) is 61.5 Å². The number of anilines is 1. The normalized spacial score (nSPS) is 10.7. The van der Waals surface area contributed by atoms with Crippen molar-refractivity contribution in [3.63, 3.8) is 0 Å². The van der Waals surface area contributed by atoms with Crippen molar-refractivity contribution in [2.24, 2.45) is 5.18 Å². The van der Waals surface area contributed by atoms with Crippen LogP contribution in [0.25, 0.3) is 16.9 Å². The van der Waals surface area contributed by atoms with Gasteiger partial charge in [0.1, 0.15) is 11.3 Å². The smallest absolute Gasteiger partial charge is 0.209 e. The Kier molecular flexibility index (Phi) is 2.95. The average Bonchev–Trinajstić information content (AvgIpc) is 2.85. The molecule has 20 heavy (non-hydrogen) atoms. The number of rotatable bonds is 3. The van der Waals surface area contributed by atoms with Gasteiger partial charge >= 0.3 is 0 Å². The lowest BCUT2D eigenvalue weighted by molar-refractivity contribution is 1.13. The summed E-state index contributed by atoms with van der Waals surface area (Å²) in [7, 11) is 3.97. The maximum atomic E-state index is 11.1. The van der Waals surface area contributed by atoms with Gasteiger partial charge < -0.3 is 4.90 Å². The largest absolute Gasteiger partial charge is 0.378 e. The first-order valence-corrected chi connectivity index (χ1v) is 6.29. The van der Waals surface area contributed by atoms with Gasteiger partial charge in [0.15, 0.2) is 0 Å². The second-order valence-corrected chi connectivity index (χ2v) is 4.75. The molecule has 0 unspecified atom stereocenters. The van der Waals surface area contributed by atoms with E-state index in [1.165, 1.54) is 0 Å². The molecule has 3 rings (SSSR count). The van der Waals surface area contributed by atoms with Crippen LogP contribution in [0.1, 0.15) is 0 Å². The number of hydrogen-bond acceptors (Lipinski definition) is 4. The van der Waals surface area contributed by atoms with Gasteiger partial charge in [0.2, 0.25) is 5.82 Å². The van der Waals surface area contributed by atoms with Gasteiger partial charge in [-0.25, -0.2) is 4.98 Å². The molecule has 0 aliphatic rings. The summed E-state index contributed by atoms with van der Waals surface area (Å²) < 4.78 is 1.70. The van der Waals surface area contributed by atoms with E-state index in [2.05, 4.69) is 10.2 Å². The van der Waals surface area contributed by atoms with Crippen LogP contribution in [0.2, 0.25) is 0 Å². The second kappa shape index (κ2) is 4.77. The molecule has 0 bridgehead atoms. The Hall–Kier alpha value is -2.69. The Morgan fingerprint density at radius 2 is 1.85 bits per heavy atom. The molecule has 3 aromatic rings. The number of aromatic nitrogens is 2. The zero-order valence-corrected chi connectivity index (χ0v) is 11.3. The van der Waals surface area contributed by atoms with Crippen LogP contribution in [0.5, 0.6) is 0 Å². The maximum Gasteiger partial charge on any atom is 0.209 e. The van der Waals surface area contributed by atoms with Gasteiger partial charge in [0.05, 0.1) is 0 Å². The number of pyridine rings is 1. The molecular weight excluding hydrogens is 252 g/mol. The van der Waals surface area contributed by atoms with Gasteiger partial charge in [0.25, 0.3) is 0 Å². The number of nitroso groups, excluding NO2 is 1. The molecule has 0 saturated heterocycles. The van der Waals surface area contributed by atoms with E-state index in [9.17, 15) is 4.91 Å². The van der Waals surface area contributed by atoms with E-state index in [0.29, 0.717) is 17.2 Å². The van der Waals surface area contributed by atoms with Crippen molar-refractivity contribution >= 4 is 17.2 Å². The average molecular weight is 266 g/mol. The molecule has 0 atom stereocenters. The van der Waals surface area contributed by atoms with Gasteiger partial charge in [-0.1, -0.05) is 18.2 Å². The van der Waals surface area contributed by atoms with Crippen LogP contribution < -0.4 is 4.90 Å². The predicted octanol–water partition coefficient (Wildman–Crippen LogP) is 3.47. The third-order valence-corrected chi connectivity index (χ3v) is 3.25. The van der Waals surface area contributed by atoms with E-state index < -0.39 is 0 Å². The van der Waals surface area contributed by atoms with Crippen molar-refractivity contribution in [3.8, 4) is 11.3 Å². The molecule has 2 aromatic heterocycles. The SMILES string of the molecule is CN(C)c1ccc(-c2nc3ccccn3c2N=O)cc1. The van der Waals surface area contributed by atoms with Gasteiger partial charge in [0, 0.05) is 31.5 Å². The van der Waals surface area contributed by atoms with Crippen LogP contribution in [0.15, 0.2) is 53.8 Å². The van der Waals surface area contributed by atoms with E-state index in [0.717, 1.165) is 11.3 Å². The minimum atomic E-state index is 0.332. The number of imidazole rings is 1. The standard InChI is InChI=1S/C15H14N4O/c1-18(2)12-8-6-11(7-9-12)14-15(17-20)19-10-4-3-5-13(19)16-14/h3-10H,1-2H3. The molecule has 0 saturated carbocycles. The highest BCUT2D eigenvalue weighted by Crippen LogP contribution is 2.31. The van der Waals surface area contributed by atoms with Gasteiger partial charge in [-0.2, -0.15) is 0 Å². The molecule has 5 nitrogen and oxygen atoms in total.